The monoisotopic (exact) mass is 350 g/mol. The molecule has 0 amide bonds. The molecule has 0 aromatic carbocycles. The summed E-state index contributed by atoms with van der Waals surface area (Å²) in [7, 11) is 1.75. The highest BCUT2D eigenvalue weighted by Gasteiger charge is 2.31. The number of H-pyrrole nitrogens is 1. The average molecular weight is 350 g/mol. The van der Waals surface area contributed by atoms with Crippen LogP contribution < -0.4 is 5.73 Å². The van der Waals surface area contributed by atoms with Gasteiger partial charge < -0.3 is 10.5 Å². The Balaban J connectivity index is 1.56. The fourth-order valence-electron chi connectivity index (χ4n) is 3.34. The predicted molar refractivity (Wildman–Crippen MR) is 95.3 cm³/mol. The number of rotatable bonds is 4. The van der Waals surface area contributed by atoms with Crippen molar-refractivity contribution in [3.8, 4) is 22.6 Å². The molecule has 1 saturated carbocycles. The molecule has 0 bridgehead atoms. The third-order valence-electron chi connectivity index (χ3n) is 4.90. The zero-order valence-corrected chi connectivity index (χ0v) is 14.2. The van der Waals surface area contributed by atoms with Gasteiger partial charge in [-0.15, -0.1) is 0 Å². The minimum atomic E-state index is 0.334. The largest absolute Gasteiger partial charge is 0.384 e. The molecule has 0 saturated heterocycles. The molecule has 1 aliphatic rings. The molecule has 132 valence electrons. The van der Waals surface area contributed by atoms with Crippen LogP contribution in [0.15, 0.2) is 36.9 Å². The van der Waals surface area contributed by atoms with E-state index in [0.29, 0.717) is 29.4 Å². The van der Waals surface area contributed by atoms with Crippen LogP contribution >= 0.6 is 0 Å². The highest BCUT2D eigenvalue weighted by Crippen LogP contribution is 2.35. The predicted octanol–water partition coefficient (Wildman–Crippen LogP) is 1.91. The number of aromatic amines is 1. The van der Waals surface area contributed by atoms with Gasteiger partial charge in [0.25, 0.3) is 0 Å². The van der Waals surface area contributed by atoms with E-state index >= 15 is 0 Å². The van der Waals surface area contributed by atoms with Gasteiger partial charge >= 0.3 is 0 Å². The zero-order valence-electron chi connectivity index (χ0n) is 14.2. The van der Waals surface area contributed by atoms with Gasteiger partial charge in [0.05, 0.1) is 41.9 Å². The van der Waals surface area contributed by atoms with Gasteiger partial charge in [-0.25, -0.2) is 9.50 Å². The first-order valence-corrected chi connectivity index (χ1v) is 8.44. The maximum atomic E-state index is 5.75. The van der Waals surface area contributed by atoms with Gasteiger partial charge in [0.15, 0.2) is 0 Å². The summed E-state index contributed by atoms with van der Waals surface area (Å²) < 4.78 is 9.15. The maximum absolute atomic E-state index is 5.75. The first-order chi connectivity index (χ1) is 12.7. The Morgan fingerprint density at radius 1 is 1.23 bits per heavy atom. The number of nitrogens with zero attached hydrogens (tertiary/aromatic N) is 6. The molecule has 0 spiro atoms. The van der Waals surface area contributed by atoms with Crippen LogP contribution in [0.2, 0.25) is 0 Å². The quantitative estimate of drug-likeness (QED) is 0.581. The number of ether oxygens (including phenoxy) is 1. The van der Waals surface area contributed by atoms with Crippen molar-refractivity contribution in [3.05, 3.63) is 36.9 Å². The summed E-state index contributed by atoms with van der Waals surface area (Å²) in [6.45, 7) is 0. The summed E-state index contributed by atoms with van der Waals surface area (Å²) in [5, 5.41) is 15.8. The second-order valence-corrected chi connectivity index (χ2v) is 6.54. The number of methoxy groups -OCH3 is 1. The summed E-state index contributed by atoms with van der Waals surface area (Å²) in [4.78, 5) is 4.80. The third-order valence-corrected chi connectivity index (χ3v) is 4.90. The lowest BCUT2D eigenvalue weighted by molar-refractivity contribution is 0.00250. The molecule has 3 N–H and O–H groups in total. The minimum Gasteiger partial charge on any atom is -0.384 e. The lowest BCUT2D eigenvalue weighted by Gasteiger charge is -2.34. The van der Waals surface area contributed by atoms with Crippen LogP contribution in [0.1, 0.15) is 18.9 Å². The minimum absolute atomic E-state index is 0.334. The number of nitrogen functional groups attached to an aromatic ring is 1. The number of aromatic nitrogens is 7. The topological polar surface area (TPSA) is 112 Å². The Morgan fingerprint density at radius 2 is 2.12 bits per heavy atom. The number of hydrogen-bond donors (Lipinski definition) is 2. The van der Waals surface area contributed by atoms with Gasteiger partial charge in [-0.1, -0.05) is 0 Å². The number of nitrogens with two attached hydrogens (primary N) is 1. The molecule has 0 aliphatic heterocycles. The normalized spacial score (nSPS) is 19.7. The Bertz CT molecular complexity index is 1070. The van der Waals surface area contributed by atoms with Crippen molar-refractivity contribution in [3.63, 3.8) is 0 Å². The highest BCUT2D eigenvalue weighted by atomic mass is 16.5. The first-order valence-electron chi connectivity index (χ1n) is 8.44. The molecule has 0 radical (unpaired) electrons. The van der Waals surface area contributed by atoms with Crippen molar-refractivity contribution >= 4 is 11.3 Å². The molecule has 26 heavy (non-hydrogen) atoms. The second kappa shape index (κ2) is 5.67. The van der Waals surface area contributed by atoms with Crippen LogP contribution in [-0.4, -0.2) is 47.8 Å². The molecule has 1 fully saturated rings. The smallest absolute Gasteiger partial charge is 0.119 e. The molecular formula is C17H18N8O. The summed E-state index contributed by atoms with van der Waals surface area (Å²) in [6.07, 6.45) is 9.78. The van der Waals surface area contributed by atoms with Crippen LogP contribution in [0.25, 0.3) is 28.2 Å². The highest BCUT2D eigenvalue weighted by molar-refractivity contribution is 5.78. The van der Waals surface area contributed by atoms with E-state index in [1.54, 1.807) is 23.9 Å². The lowest BCUT2D eigenvalue weighted by Crippen LogP contribution is -2.32. The molecule has 4 aromatic rings. The van der Waals surface area contributed by atoms with Crippen LogP contribution in [0.4, 0.5) is 5.82 Å². The maximum Gasteiger partial charge on any atom is 0.119 e. The van der Waals surface area contributed by atoms with Crippen molar-refractivity contribution in [2.24, 2.45) is 0 Å². The van der Waals surface area contributed by atoms with Gasteiger partial charge in [-0.05, 0) is 18.9 Å². The van der Waals surface area contributed by atoms with Crippen molar-refractivity contribution in [2.75, 3.05) is 12.8 Å². The molecule has 0 unspecified atom stereocenters. The molecule has 4 heterocycles. The van der Waals surface area contributed by atoms with E-state index in [4.69, 9.17) is 15.5 Å². The van der Waals surface area contributed by atoms with E-state index in [2.05, 4.69) is 20.4 Å². The van der Waals surface area contributed by atoms with Gasteiger partial charge in [-0.3, -0.25) is 9.78 Å². The molecule has 4 aromatic heterocycles. The average Bonchev–Trinajstić information content (AvgIpc) is 3.32. The van der Waals surface area contributed by atoms with E-state index in [0.717, 1.165) is 29.6 Å². The van der Waals surface area contributed by atoms with E-state index in [-0.39, 0.29) is 0 Å². The molecular weight excluding hydrogens is 332 g/mol. The van der Waals surface area contributed by atoms with Gasteiger partial charge in [0.2, 0.25) is 0 Å². The summed E-state index contributed by atoms with van der Waals surface area (Å²) in [5.41, 5.74) is 9.80. The van der Waals surface area contributed by atoms with Crippen molar-refractivity contribution in [1.29, 1.82) is 0 Å². The van der Waals surface area contributed by atoms with E-state index in [1.807, 2.05) is 29.3 Å². The van der Waals surface area contributed by atoms with Crippen LogP contribution in [0.5, 0.6) is 0 Å². The summed E-state index contributed by atoms with van der Waals surface area (Å²) in [6, 6.07) is 4.07. The lowest BCUT2D eigenvalue weighted by atomic mass is 9.89. The number of nitrogens with one attached hydrogen (secondary N) is 1. The Hall–Kier alpha value is -3.20. The first kappa shape index (κ1) is 15.1. The number of anilines is 1. The van der Waals surface area contributed by atoms with E-state index in [9.17, 15) is 0 Å². The van der Waals surface area contributed by atoms with Gasteiger partial charge in [-0.2, -0.15) is 15.3 Å². The van der Waals surface area contributed by atoms with Crippen LogP contribution in [0, 0.1) is 0 Å². The summed E-state index contributed by atoms with van der Waals surface area (Å²) in [5.74, 6) is 0.495. The molecule has 9 heteroatoms. The number of hydrogen-bond acceptors (Lipinski definition) is 6. The third kappa shape index (κ3) is 2.36. The summed E-state index contributed by atoms with van der Waals surface area (Å²) >= 11 is 0. The second-order valence-electron chi connectivity index (χ2n) is 6.54. The van der Waals surface area contributed by atoms with Crippen LogP contribution in [0.3, 0.4) is 0 Å². The fraction of sp³-hybridized carbons (Fsp3) is 0.294. The van der Waals surface area contributed by atoms with Gasteiger partial charge in [0.1, 0.15) is 17.2 Å². The van der Waals surface area contributed by atoms with Crippen molar-refractivity contribution in [2.45, 2.75) is 25.0 Å². The van der Waals surface area contributed by atoms with Crippen molar-refractivity contribution in [1.82, 2.24) is 34.6 Å². The molecule has 1 aliphatic carbocycles. The Kier molecular flexibility index (Phi) is 3.29. The van der Waals surface area contributed by atoms with Crippen molar-refractivity contribution < 1.29 is 4.74 Å². The Labute approximate surface area is 148 Å². The van der Waals surface area contributed by atoms with E-state index < -0.39 is 0 Å². The molecule has 9 nitrogen and oxygen atoms in total. The SMILES string of the molecule is CO[C@H]1C[C@H](n2cc(-c3nc(-c4cc(N)[nH]n4)cn4nccc34)cn2)C1. The zero-order chi connectivity index (χ0) is 17.7. The standard InChI is InChI=1S/C17H18N8O/c1-26-12-4-11(5-12)24-8-10(7-20-24)17-15-2-3-19-25(15)9-14(21-17)13-6-16(18)23-22-13/h2-3,6-9,11-12H,4-5H2,1H3,(H3,18,22,23)/t11-,12-. The molecule has 5 rings (SSSR count). The Morgan fingerprint density at radius 3 is 2.88 bits per heavy atom. The number of fused-ring (bicyclic) bond motifs is 1. The van der Waals surface area contributed by atoms with E-state index in [1.165, 1.54) is 0 Å². The molecule has 0 atom stereocenters. The van der Waals surface area contributed by atoms with Crippen LogP contribution in [-0.2, 0) is 4.74 Å². The van der Waals surface area contributed by atoms with Gasteiger partial charge in [0, 0.05) is 24.9 Å². The fourth-order valence-corrected chi connectivity index (χ4v) is 3.34.